The Morgan fingerprint density at radius 1 is 1.64 bits per heavy atom. The highest BCUT2D eigenvalue weighted by Gasteiger charge is 2.19. The Balaban J connectivity index is 3.93. The van der Waals surface area contributed by atoms with Crippen molar-refractivity contribution in [2.24, 2.45) is 0 Å². The second kappa shape index (κ2) is 4.54. The molecule has 0 aliphatic carbocycles. The molecule has 64 valence electrons. The maximum atomic E-state index is 10.9. The van der Waals surface area contributed by atoms with Crippen molar-refractivity contribution in [3.63, 3.8) is 0 Å². The second-order valence-corrected chi connectivity index (χ2v) is 3.38. The van der Waals surface area contributed by atoms with Crippen molar-refractivity contribution in [1.29, 1.82) is 0 Å². The second-order valence-electron chi connectivity index (χ2n) is 2.81. The van der Waals surface area contributed by atoms with Gasteiger partial charge in [0.2, 0.25) is 0 Å². The van der Waals surface area contributed by atoms with E-state index in [1.54, 1.807) is 13.0 Å². The number of carbonyl (C=O) groups excluding carboxylic acids is 1. The van der Waals surface area contributed by atoms with E-state index in [2.05, 4.69) is 15.9 Å². The number of rotatable bonds is 3. The van der Waals surface area contributed by atoms with E-state index in [1.807, 2.05) is 13.8 Å². The minimum absolute atomic E-state index is 0.294. The molecule has 3 heteroatoms. The highest BCUT2D eigenvalue weighted by Crippen LogP contribution is 2.12. The van der Waals surface area contributed by atoms with Crippen molar-refractivity contribution >= 4 is 21.9 Å². The summed E-state index contributed by atoms with van der Waals surface area (Å²) in [4.78, 5) is 10.9. The van der Waals surface area contributed by atoms with Crippen molar-refractivity contribution in [3.05, 3.63) is 12.2 Å². The fraction of sp³-hybridized carbons (Fsp3) is 0.625. The summed E-state index contributed by atoms with van der Waals surface area (Å²) in [6, 6.07) is 0. The summed E-state index contributed by atoms with van der Waals surface area (Å²) in [6.07, 6.45) is 3.07. The number of hydrogen-bond donors (Lipinski definition) is 0. The van der Waals surface area contributed by atoms with Gasteiger partial charge in [0.05, 0.1) is 0 Å². The first kappa shape index (κ1) is 10.7. The predicted octanol–water partition coefficient (Wildman–Crippen LogP) is 2.28. The van der Waals surface area contributed by atoms with Gasteiger partial charge in [-0.25, -0.2) is 4.79 Å². The quantitative estimate of drug-likeness (QED) is 0.415. The van der Waals surface area contributed by atoms with Gasteiger partial charge in [-0.05, 0) is 20.8 Å². The Labute approximate surface area is 75.7 Å². The molecule has 0 aromatic heterocycles. The van der Waals surface area contributed by atoms with Gasteiger partial charge in [0.25, 0.3) is 0 Å². The first-order chi connectivity index (χ1) is 5.02. The van der Waals surface area contributed by atoms with Crippen LogP contribution in [0.3, 0.4) is 0 Å². The maximum Gasteiger partial charge on any atom is 0.330 e. The Bertz CT molecular complexity index is 161. The summed E-state index contributed by atoms with van der Waals surface area (Å²) >= 11 is 3.25. The van der Waals surface area contributed by atoms with Crippen LogP contribution in [-0.4, -0.2) is 16.9 Å². The third kappa shape index (κ3) is 5.01. The molecule has 2 nitrogen and oxygen atoms in total. The first-order valence-corrected chi connectivity index (χ1v) is 4.55. The molecule has 0 unspecified atom stereocenters. The Morgan fingerprint density at radius 2 is 2.18 bits per heavy atom. The molecule has 0 heterocycles. The zero-order valence-electron chi connectivity index (χ0n) is 7.06. The SMILES string of the molecule is CC=CC(=O)OC(C)(C)CBr. The zero-order chi connectivity index (χ0) is 8.91. The molecule has 0 aliphatic heterocycles. The van der Waals surface area contributed by atoms with Crippen molar-refractivity contribution in [2.45, 2.75) is 26.4 Å². The smallest absolute Gasteiger partial charge is 0.330 e. The summed E-state index contributed by atoms with van der Waals surface area (Å²) in [5.74, 6) is -0.294. The fourth-order valence-corrected chi connectivity index (χ4v) is 0.584. The summed E-state index contributed by atoms with van der Waals surface area (Å²) in [7, 11) is 0. The number of halogens is 1. The fourth-order valence-electron chi connectivity index (χ4n) is 0.470. The van der Waals surface area contributed by atoms with Crippen LogP contribution in [0.25, 0.3) is 0 Å². The van der Waals surface area contributed by atoms with Gasteiger partial charge in [0.15, 0.2) is 0 Å². The van der Waals surface area contributed by atoms with Crippen LogP contribution in [0, 0.1) is 0 Å². The number of carbonyl (C=O) groups is 1. The van der Waals surface area contributed by atoms with E-state index in [-0.39, 0.29) is 5.97 Å². The summed E-state index contributed by atoms with van der Waals surface area (Å²) in [5, 5.41) is 0.642. The van der Waals surface area contributed by atoms with E-state index in [4.69, 9.17) is 4.74 Å². The van der Waals surface area contributed by atoms with Gasteiger partial charge >= 0.3 is 5.97 Å². The van der Waals surface area contributed by atoms with Crippen molar-refractivity contribution in [2.75, 3.05) is 5.33 Å². The molecule has 0 spiro atoms. The third-order valence-corrected chi connectivity index (χ3v) is 2.35. The molecular weight excluding hydrogens is 208 g/mol. The van der Waals surface area contributed by atoms with Crippen molar-refractivity contribution in [1.82, 2.24) is 0 Å². The molecule has 0 fully saturated rings. The van der Waals surface area contributed by atoms with Crippen LogP contribution in [0.5, 0.6) is 0 Å². The van der Waals surface area contributed by atoms with Crippen LogP contribution in [0.1, 0.15) is 20.8 Å². The van der Waals surface area contributed by atoms with Crippen LogP contribution in [0.2, 0.25) is 0 Å². The molecule has 0 saturated heterocycles. The molecule has 0 atom stereocenters. The van der Waals surface area contributed by atoms with E-state index in [9.17, 15) is 4.79 Å². The number of allylic oxidation sites excluding steroid dienone is 1. The topological polar surface area (TPSA) is 26.3 Å². The summed E-state index contributed by atoms with van der Waals surface area (Å²) < 4.78 is 5.05. The van der Waals surface area contributed by atoms with Crippen molar-refractivity contribution < 1.29 is 9.53 Å². The van der Waals surface area contributed by atoms with Crippen LogP contribution in [0.15, 0.2) is 12.2 Å². The standard InChI is InChI=1S/C8H13BrO2/c1-4-5-7(10)11-8(2,3)6-9/h4-5H,6H2,1-3H3. The highest BCUT2D eigenvalue weighted by atomic mass is 79.9. The molecular formula is C8H13BrO2. The van der Waals surface area contributed by atoms with Gasteiger partial charge in [-0.2, -0.15) is 0 Å². The molecule has 0 saturated carbocycles. The zero-order valence-corrected chi connectivity index (χ0v) is 8.64. The Hall–Kier alpha value is -0.310. The molecule has 0 aromatic carbocycles. The van der Waals surface area contributed by atoms with Gasteiger partial charge < -0.3 is 4.74 Å². The van der Waals surface area contributed by atoms with Crippen LogP contribution < -0.4 is 0 Å². The normalized spacial score (nSPS) is 12.0. The van der Waals surface area contributed by atoms with E-state index in [0.717, 1.165) is 0 Å². The molecule has 0 rings (SSSR count). The van der Waals surface area contributed by atoms with E-state index < -0.39 is 5.60 Å². The maximum absolute atomic E-state index is 10.9. The largest absolute Gasteiger partial charge is 0.456 e. The van der Waals surface area contributed by atoms with E-state index in [0.29, 0.717) is 5.33 Å². The highest BCUT2D eigenvalue weighted by molar-refractivity contribution is 9.09. The van der Waals surface area contributed by atoms with Gasteiger partial charge in [0.1, 0.15) is 5.60 Å². The van der Waals surface area contributed by atoms with E-state index in [1.165, 1.54) is 6.08 Å². The third-order valence-electron chi connectivity index (χ3n) is 1.00. The lowest BCUT2D eigenvalue weighted by atomic mass is 10.2. The van der Waals surface area contributed by atoms with Gasteiger partial charge in [-0.15, -0.1) is 0 Å². The molecule has 0 bridgehead atoms. The first-order valence-electron chi connectivity index (χ1n) is 3.43. The monoisotopic (exact) mass is 220 g/mol. The van der Waals surface area contributed by atoms with Gasteiger partial charge in [-0.3, -0.25) is 0 Å². The average Bonchev–Trinajstić information content (AvgIpc) is 1.87. The number of ether oxygens (including phenoxy) is 1. The van der Waals surface area contributed by atoms with Crippen molar-refractivity contribution in [3.8, 4) is 0 Å². The number of esters is 1. The lowest BCUT2D eigenvalue weighted by Gasteiger charge is -2.21. The Morgan fingerprint density at radius 3 is 2.55 bits per heavy atom. The molecule has 11 heavy (non-hydrogen) atoms. The number of hydrogen-bond acceptors (Lipinski definition) is 2. The predicted molar refractivity (Wildman–Crippen MR) is 48.8 cm³/mol. The number of alkyl halides is 1. The minimum atomic E-state index is -0.420. The molecule has 0 amide bonds. The van der Waals surface area contributed by atoms with Gasteiger partial charge in [0, 0.05) is 11.4 Å². The lowest BCUT2D eigenvalue weighted by molar-refractivity contribution is -0.148. The molecule has 0 N–H and O–H groups in total. The average molecular weight is 221 g/mol. The lowest BCUT2D eigenvalue weighted by Crippen LogP contribution is -2.28. The van der Waals surface area contributed by atoms with Gasteiger partial charge in [-0.1, -0.05) is 22.0 Å². The van der Waals surface area contributed by atoms with Crippen LogP contribution >= 0.6 is 15.9 Å². The van der Waals surface area contributed by atoms with E-state index >= 15 is 0 Å². The molecule has 0 aliphatic rings. The minimum Gasteiger partial charge on any atom is -0.456 e. The van der Waals surface area contributed by atoms with Crippen LogP contribution in [-0.2, 0) is 9.53 Å². The van der Waals surface area contributed by atoms with Crippen LogP contribution in [0.4, 0.5) is 0 Å². The Kier molecular flexibility index (Phi) is 4.42. The molecule has 0 radical (unpaired) electrons. The summed E-state index contributed by atoms with van der Waals surface area (Å²) in [6.45, 7) is 5.48. The summed E-state index contributed by atoms with van der Waals surface area (Å²) in [5.41, 5.74) is -0.420. The molecule has 0 aromatic rings.